The Hall–Kier alpha value is -2.71. The number of benzene rings is 2. The van der Waals surface area contributed by atoms with E-state index >= 15 is 0 Å². The molecule has 32 heavy (non-hydrogen) atoms. The van der Waals surface area contributed by atoms with Crippen LogP contribution in [0, 0.1) is 11.7 Å². The number of para-hydroxylation sites is 1. The first-order valence-electron chi connectivity index (χ1n) is 10.3. The summed E-state index contributed by atoms with van der Waals surface area (Å²) in [5, 5.41) is 9.22. The minimum atomic E-state index is -1.15. The normalized spacial score (nSPS) is 15.1. The maximum atomic E-state index is 15.0. The smallest absolute Gasteiger partial charge is 0.247 e. The molecule has 0 aliphatic carbocycles. The van der Waals surface area contributed by atoms with Gasteiger partial charge in [-0.3, -0.25) is 9.69 Å². The second-order valence-electron chi connectivity index (χ2n) is 7.69. The average Bonchev–Trinajstić information content (AvgIpc) is 2.91. The van der Waals surface area contributed by atoms with Gasteiger partial charge in [-0.15, -0.1) is 10.2 Å². The summed E-state index contributed by atoms with van der Waals surface area (Å²) < 4.78 is 21.2. The minimum absolute atomic E-state index is 0.0635. The molecule has 0 saturated heterocycles. The van der Waals surface area contributed by atoms with Crippen LogP contribution >= 0.6 is 23.4 Å². The molecule has 3 aromatic rings. The average molecular weight is 473 g/mol. The lowest BCUT2D eigenvalue weighted by atomic mass is 10.1. The number of ether oxygens (including phenoxy) is 1. The summed E-state index contributed by atoms with van der Waals surface area (Å²) in [4.78, 5) is 19.1. The lowest BCUT2D eigenvalue weighted by Gasteiger charge is -2.31. The van der Waals surface area contributed by atoms with E-state index in [0.29, 0.717) is 28.0 Å². The highest BCUT2D eigenvalue weighted by molar-refractivity contribution is 7.99. The number of aromatic nitrogens is 3. The Kier molecular flexibility index (Phi) is 6.62. The lowest BCUT2D eigenvalue weighted by molar-refractivity contribution is -0.120. The number of nitrogens with zero attached hydrogens (tertiary/aromatic N) is 4. The van der Waals surface area contributed by atoms with Gasteiger partial charge in [0.25, 0.3) is 0 Å². The standard InChI is InChI=1S/C23H22ClFN4O2S/c1-4-18(30)29-17-11-6-5-8-14(17)20-21(26-23(28-27-20)32-12-13(2)3)31-22(29)19-15(24)9-7-10-16(19)25/h5-11,13,22H,4,12H2,1-3H3/t22-/m0/s1. The van der Waals surface area contributed by atoms with Crippen molar-refractivity contribution >= 4 is 35.0 Å². The van der Waals surface area contributed by atoms with E-state index in [-0.39, 0.29) is 28.8 Å². The zero-order valence-electron chi connectivity index (χ0n) is 17.9. The number of thioether (sulfide) groups is 1. The molecule has 4 rings (SSSR count). The van der Waals surface area contributed by atoms with Crippen LogP contribution < -0.4 is 9.64 Å². The maximum absolute atomic E-state index is 15.0. The molecular formula is C23H22ClFN4O2S. The Morgan fingerprint density at radius 1 is 1.22 bits per heavy atom. The van der Waals surface area contributed by atoms with Crippen molar-refractivity contribution in [2.45, 2.75) is 38.6 Å². The molecule has 0 N–H and O–H groups in total. The first kappa shape index (κ1) is 22.5. The molecule has 166 valence electrons. The number of rotatable bonds is 5. The van der Waals surface area contributed by atoms with Crippen molar-refractivity contribution < 1.29 is 13.9 Å². The van der Waals surface area contributed by atoms with E-state index in [1.807, 2.05) is 12.1 Å². The van der Waals surface area contributed by atoms with Crippen LogP contribution in [0.3, 0.4) is 0 Å². The van der Waals surface area contributed by atoms with Crippen molar-refractivity contribution in [3.05, 3.63) is 58.9 Å². The highest BCUT2D eigenvalue weighted by Crippen LogP contribution is 2.45. The molecule has 1 aliphatic rings. The van der Waals surface area contributed by atoms with E-state index < -0.39 is 12.0 Å². The van der Waals surface area contributed by atoms with E-state index in [2.05, 4.69) is 29.0 Å². The number of carbonyl (C=O) groups excluding carboxylic acids is 1. The van der Waals surface area contributed by atoms with E-state index in [1.165, 1.54) is 28.8 Å². The zero-order valence-corrected chi connectivity index (χ0v) is 19.5. The van der Waals surface area contributed by atoms with E-state index in [1.54, 1.807) is 25.1 Å². The first-order valence-corrected chi connectivity index (χ1v) is 11.7. The summed E-state index contributed by atoms with van der Waals surface area (Å²) in [6.45, 7) is 5.93. The van der Waals surface area contributed by atoms with Crippen molar-refractivity contribution in [3.8, 4) is 17.1 Å². The molecule has 1 aliphatic heterocycles. The highest BCUT2D eigenvalue weighted by atomic mass is 35.5. The number of hydrogen-bond donors (Lipinski definition) is 0. The van der Waals surface area contributed by atoms with Gasteiger partial charge in [-0.1, -0.05) is 68.4 Å². The number of halogens is 2. The van der Waals surface area contributed by atoms with Gasteiger partial charge in [-0.25, -0.2) is 4.39 Å². The van der Waals surface area contributed by atoms with E-state index in [9.17, 15) is 9.18 Å². The van der Waals surface area contributed by atoms with Crippen LogP contribution in [-0.2, 0) is 4.79 Å². The van der Waals surface area contributed by atoms with Gasteiger partial charge in [0.15, 0.2) is 5.69 Å². The van der Waals surface area contributed by atoms with Crippen molar-refractivity contribution in [2.75, 3.05) is 10.7 Å². The third-order valence-electron chi connectivity index (χ3n) is 4.88. The van der Waals surface area contributed by atoms with Gasteiger partial charge in [-0.05, 0) is 24.1 Å². The van der Waals surface area contributed by atoms with Crippen molar-refractivity contribution in [1.29, 1.82) is 0 Å². The Morgan fingerprint density at radius 3 is 2.72 bits per heavy atom. The topological polar surface area (TPSA) is 68.2 Å². The van der Waals surface area contributed by atoms with Gasteiger partial charge in [-0.2, -0.15) is 4.98 Å². The van der Waals surface area contributed by atoms with Gasteiger partial charge >= 0.3 is 0 Å². The predicted molar refractivity (Wildman–Crippen MR) is 123 cm³/mol. The van der Waals surface area contributed by atoms with Gasteiger partial charge in [0.2, 0.25) is 23.2 Å². The molecular weight excluding hydrogens is 451 g/mol. The minimum Gasteiger partial charge on any atom is -0.447 e. The second-order valence-corrected chi connectivity index (χ2v) is 9.09. The van der Waals surface area contributed by atoms with Crippen LogP contribution in [0.1, 0.15) is 39.0 Å². The van der Waals surface area contributed by atoms with Crippen molar-refractivity contribution in [1.82, 2.24) is 15.2 Å². The number of fused-ring (bicyclic) bond motifs is 3. The van der Waals surface area contributed by atoms with Crippen LogP contribution in [0.15, 0.2) is 47.6 Å². The molecule has 0 fully saturated rings. The second kappa shape index (κ2) is 9.42. The SMILES string of the molecule is CCC(=O)N1c2ccccc2-c2nnc(SCC(C)C)nc2O[C@H]1c1c(F)cccc1Cl. The van der Waals surface area contributed by atoms with Crippen molar-refractivity contribution in [3.63, 3.8) is 0 Å². The fraction of sp³-hybridized carbons (Fsp3) is 0.304. The number of hydrogen-bond acceptors (Lipinski definition) is 6. The Balaban J connectivity index is 1.93. The van der Waals surface area contributed by atoms with Crippen LogP contribution in [0.2, 0.25) is 5.02 Å². The van der Waals surface area contributed by atoms with Crippen LogP contribution in [-0.4, -0.2) is 26.8 Å². The molecule has 1 amide bonds. The van der Waals surface area contributed by atoms with Crippen LogP contribution in [0.4, 0.5) is 10.1 Å². The summed E-state index contributed by atoms with van der Waals surface area (Å²) in [7, 11) is 0. The molecule has 0 saturated carbocycles. The fourth-order valence-electron chi connectivity index (χ4n) is 3.39. The number of carbonyl (C=O) groups is 1. The molecule has 6 nitrogen and oxygen atoms in total. The Bertz CT molecular complexity index is 1140. The monoisotopic (exact) mass is 472 g/mol. The maximum Gasteiger partial charge on any atom is 0.247 e. The molecule has 1 atom stereocenters. The van der Waals surface area contributed by atoms with E-state index in [4.69, 9.17) is 16.3 Å². The van der Waals surface area contributed by atoms with Crippen LogP contribution in [0.25, 0.3) is 11.3 Å². The summed E-state index contributed by atoms with van der Waals surface area (Å²) in [5.41, 5.74) is 1.60. The molecule has 0 radical (unpaired) electrons. The Morgan fingerprint density at radius 2 is 2.00 bits per heavy atom. The molecule has 0 spiro atoms. The van der Waals surface area contributed by atoms with Gasteiger partial charge in [0.05, 0.1) is 16.3 Å². The first-order chi connectivity index (χ1) is 15.4. The fourth-order valence-corrected chi connectivity index (χ4v) is 4.37. The number of amides is 1. The van der Waals surface area contributed by atoms with Crippen LogP contribution in [0.5, 0.6) is 5.88 Å². The van der Waals surface area contributed by atoms with Crippen molar-refractivity contribution in [2.24, 2.45) is 5.92 Å². The molecule has 9 heteroatoms. The third kappa shape index (κ3) is 4.29. The summed E-state index contributed by atoms with van der Waals surface area (Å²) in [5.74, 6) is 0.590. The summed E-state index contributed by atoms with van der Waals surface area (Å²) in [6, 6.07) is 11.6. The molecule has 2 aromatic carbocycles. The quantitative estimate of drug-likeness (QED) is 0.430. The highest BCUT2D eigenvalue weighted by Gasteiger charge is 2.37. The predicted octanol–water partition coefficient (Wildman–Crippen LogP) is 5.91. The molecule has 1 aromatic heterocycles. The Labute approximate surface area is 195 Å². The van der Waals surface area contributed by atoms with Gasteiger partial charge in [0.1, 0.15) is 5.82 Å². The summed E-state index contributed by atoms with van der Waals surface area (Å²) in [6.07, 6.45) is -0.969. The van der Waals surface area contributed by atoms with Gasteiger partial charge in [0, 0.05) is 17.7 Å². The van der Waals surface area contributed by atoms with E-state index in [0.717, 1.165) is 5.75 Å². The number of anilines is 1. The van der Waals surface area contributed by atoms with Gasteiger partial charge < -0.3 is 4.74 Å². The third-order valence-corrected chi connectivity index (χ3v) is 6.47. The largest absolute Gasteiger partial charge is 0.447 e. The lowest BCUT2D eigenvalue weighted by Crippen LogP contribution is -2.38. The molecule has 0 bridgehead atoms. The summed E-state index contributed by atoms with van der Waals surface area (Å²) >= 11 is 7.85. The molecule has 2 heterocycles. The molecule has 0 unspecified atom stereocenters. The zero-order chi connectivity index (χ0) is 22.8.